The topological polar surface area (TPSA) is 35.8 Å². The maximum absolute atomic E-state index is 8.85. The molecule has 0 aromatic rings. The first-order valence-electron chi connectivity index (χ1n) is 5.86. The summed E-state index contributed by atoms with van der Waals surface area (Å²) in [6.07, 6.45) is 4.71. The first kappa shape index (κ1) is 12.9. The van der Waals surface area contributed by atoms with Crippen molar-refractivity contribution in [3.63, 3.8) is 0 Å². The Labute approximate surface area is 97.8 Å². The molecule has 1 saturated heterocycles. The minimum atomic E-state index is -0.136. The molecule has 0 aromatic carbocycles. The Hall–Kier alpha value is -0.200. The second-order valence-corrected chi connectivity index (χ2v) is 6.12. The summed E-state index contributed by atoms with van der Waals surface area (Å²) in [6.45, 7) is 5.16. The van der Waals surface area contributed by atoms with E-state index in [4.69, 9.17) is 5.26 Å². The van der Waals surface area contributed by atoms with Gasteiger partial charge in [0.1, 0.15) is 0 Å². The monoisotopic (exact) mass is 226 g/mol. The van der Waals surface area contributed by atoms with E-state index in [9.17, 15) is 0 Å². The summed E-state index contributed by atoms with van der Waals surface area (Å²) in [5.74, 6) is 2.60. The molecule has 1 atom stereocenters. The molecule has 1 aliphatic rings. The number of nitriles is 1. The molecule has 0 radical (unpaired) electrons. The first-order valence-corrected chi connectivity index (χ1v) is 7.02. The molecule has 1 fully saturated rings. The number of nitrogens with zero attached hydrogens (tertiary/aromatic N) is 1. The number of hydrogen-bond acceptors (Lipinski definition) is 3. The van der Waals surface area contributed by atoms with E-state index in [1.807, 2.05) is 25.6 Å². The van der Waals surface area contributed by atoms with Crippen LogP contribution in [-0.2, 0) is 0 Å². The standard InChI is InChI=1S/C12H22N2S/c1-12(2,10-13)6-3-4-7-14-11-5-8-15-9-11/h11,14H,3-9H2,1-2H3. The van der Waals surface area contributed by atoms with E-state index >= 15 is 0 Å². The Balaban J connectivity index is 1.95. The second kappa shape index (κ2) is 6.40. The number of rotatable bonds is 6. The van der Waals surface area contributed by atoms with Crippen LogP contribution in [0.4, 0.5) is 0 Å². The highest BCUT2D eigenvalue weighted by atomic mass is 32.2. The zero-order valence-corrected chi connectivity index (χ0v) is 10.7. The smallest absolute Gasteiger partial charge is 0.0683 e. The minimum Gasteiger partial charge on any atom is -0.313 e. The van der Waals surface area contributed by atoms with Gasteiger partial charge in [-0.05, 0) is 45.4 Å². The SMILES string of the molecule is CC(C)(C#N)CCCCNC1CCSC1. The summed E-state index contributed by atoms with van der Waals surface area (Å²) in [5.41, 5.74) is -0.136. The van der Waals surface area contributed by atoms with Crippen molar-refractivity contribution in [3.8, 4) is 6.07 Å². The second-order valence-electron chi connectivity index (χ2n) is 4.97. The van der Waals surface area contributed by atoms with E-state index in [0.29, 0.717) is 0 Å². The van der Waals surface area contributed by atoms with E-state index in [2.05, 4.69) is 11.4 Å². The highest BCUT2D eigenvalue weighted by molar-refractivity contribution is 7.99. The summed E-state index contributed by atoms with van der Waals surface area (Å²) in [5, 5.41) is 12.4. The van der Waals surface area contributed by atoms with E-state index in [-0.39, 0.29) is 5.41 Å². The summed E-state index contributed by atoms with van der Waals surface area (Å²) in [6, 6.07) is 3.10. The third-order valence-electron chi connectivity index (χ3n) is 2.89. The van der Waals surface area contributed by atoms with Gasteiger partial charge in [-0.2, -0.15) is 17.0 Å². The van der Waals surface area contributed by atoms with Crippen molar-refractivity contribution in [3.05, 3.63) is 0 Å². The van der Waals surface area contributed by atoms with Crippen LogP contribution >= 0.6 is 11.8 Å². The van der Waals surface area contributed by atoms with Crippen LogP contribution in [0.25, 0.3) is 0 Å². The van der Waals surface area contributed by atoms with Crippen LogP contribution in [0.3, 0.4) is 0 Å². The zero-order chi connectivity index (χ0) is 11.1. The van der Waals surface area contributed by atoms with Crippen LogP contribution in [0.5, 0.6) is 0 Å². The van der Waals surface area contributed by atoms with Crippen molar-refractivity contribution >= 4 is 11.8 Å². The average molecular weight is 226 g/mol. The maximum atomic E-state index is 8.85. The minimum absolute atomic E-state index is 0.136. The molecule has 0 amide bonds. The lowest BCUT2D eigenvalue weighted by Gasteiger charge is -2.15. The summed E-state index contributed by atoms with van der Waals surface area (Å²) in [4.78, 5) is 0. The van der Waals surface area contributed by atoms with Crippen LogP contribution in [0.15, 0.2) is 0 Å². The fourth-order valence-corrected chi connectivity index (χ4v) is 2.94. The Morgan fingerprint density at radius 1 is 1.47 bits per heavy atom. The summed E-state index contributed by atoms with van der Waals surface area (Å²) >= 11 is 2.05. The molecule has 2 nitrogen and oxygen atoms in total. The molecule has 0 aliphatic carbocycles. The Morgan fingerprint density at radius 3 is 2.87 bits per heavy atom. The van der Waals surface area contributed by atoms with Gasteiger partial charge in [-0.1, -0.05) is 6.42 Å². The normalized spacial score (nSPS) is 21.5. The predicted molar refractivity (Wildman–Crippen MR) is 67.0 cm³/mol. The fourth-order valence-electron chi connectivity index (χ4n) is 1.75. The molecule has 1 heterocycles. The molecule has 0 bridgehead atoms. The number of hydrogen-bond donors (Lipinski definition) is 1. The lowest BCUT2D eigenvalue weighted by molar-refractivity contribution is 0.417. The van der Waals surface area contributed by atoms with Crippen molar-refractivity contribution in [2.45, 2.75) is 45.6 Å². The highest BCUT2D eigenvalue weighted by Gasteiger charge is 2.16. The molecule has 86 valence electrons. The molecule has 0 aromatic heterocycles. The van der Waals surface area contributed by atoms with Gasteiger partial charge in [0, 0.05) is 11.8 Å². The Morgan fingerprint density at radius 2 is 2.27 bits per heavy atom. The summed E-state index contributed by atoms with van der Waals surface area (Å²) < 4.78 is 0. The predicted octanol–water partition coefficient (Wildman–Crippen LogP) is 2.80. The van der Waals surface area contributed by atoms with Crippen LogP contribution in [0, 0.1) is 16.7 Å². The van der Waals surface area contributed by atoms with Gasteiger partial charge in [-0.3, -0.25) is 0 Å². The molecule has 15 heavy (non-hydrogen) atoms. The number of nitrogens with one attached hydrogen (secondary N) is 1. The van der Waals surface area contributed by atoms with Gasteiger partial charge in [0.15, 0.2) is 0 Å². The molecular weight excluding hydrogens is 204 g/mol. The zero-order valence-electron chi connectivity index (χ0n) is 9.88. The van der Waals surface area contributed by atoms with Gasteiger partial charge in [0.05, 0.1) is 11.5 Å². The van der Waals surface area contributed by atoms with Crippen molar-refractivity contribution in [2.75, 3.05) is 18.1 Å². The Kier molecular flexibility index (Phi) is 5.49. The molecule has 0 spiro atoms. The number of unbranched alkanes of at least 4 members (excludes halogenated alkanes) is 1. The molecule has 1 unspecified atom stereocenters. The van der Waals surface area contributed by atoms with Gasteiger partial charge in [-0.25, -0.2) is 0 Å². The van der Waals surface area contributed by atoms with Crippen molar-refractivity contribution < 1.29 is 0 Å². The molecule has 1 N–H and O–H groups in total. The molecule has 3 heteroatoms. The van der Waals surface area contributed by atoms with E-state index in [0.717, 1.165) is 25.4 Å². The van der Waals surface area contributed by atoms with Crippen molar-refractivity contribution in [1.82, 2.24) is 5.32 Å². The number of thioether (sulfide) groups is 1. The quantitative estimate of drug-likeness (QED) is 0.707. The van der Waals surface area contributed by atoms with Crippen molar-refractivity contribution in [1.29, 1.82) is 5.26 Å². The fraction of sp³-hybridized carbons (Fsp3) is 0.917. The molecule has 0 saturated carbocycles. The maximum Gasteiger partial charge on any atom is 0.0683 e. The van der Waals surface area contributed by atoms with E-state index in [1.54, 1.807) is 0 Å². The van der Waals surface area contributed by atoms with Gasteiger partial charge in [0.25, 0.3) is 0 Å². The van der Waals surface area contributed by atoms with Crippen molar-refractivity contribution in [2.24, 2.45) is 5.41 Å². The summed E-state index contributed by atoms with van der Waals surface area (Å²) in [7, 11) is 0. The van der Waals surface area contributed by atoms with Gasteiger partial charge in [0.2, 0.25) is 0 Å². The Bertz CT molecular complexity index is 214. The van der Waals surface area contributed by atoms with Crippen LogP contribution in [0.2, 0.25) is 0 Å². The first-order chi connectivity index (χ1) is 7.14. The third kappa shape index (κ3) is 5.44. The average Bonchev–Trinajstić information content (AvgIpc) is 2.70. The lowest BCUT2D eigenvalue weighted by Crippen LogP contribution is -2.29. The molecule has 1 rings (SSSR count). The molecule has 1 aliphatic heterocycles. The third-order valence-corrected chi connectivity index (χ3v) is 4.06. The van der Waals surface area contributed by atoms with Crippen LogP contribution in [-0.4, -0.2) is 24.1 Å². The van der Waals surface area contributed by atoms with Gasteiger partial charge < -0.3 is 5.32 Å². The molecular formula is C12H22N2S. The van der Waals surface area contributed by atoms with E-state index < -0.39 is 0 Å². The van der Waals surface area contributed by atoms with Gasteiger partial charge in [-0.15, -0.1) is 0 Å². The van der Waals surface area contributed by atoms with Crippen LogP contribution in [0.1, 0.15) is 39.5 Å². The van der Waals surface area contributed by atoms with Gasteiger partial charge >= 0.3 is 0 Å². The lowest BCUT2D eigenvalue weighted by atomic mass is 9.89. The largest absolute Gasteiger partial charge is 0.313 e. The van der Waals surface area contributed by atoms with Crippen LogP contribution < -0.4 is 5.32 Å². The van der Waals surface area contributed by atoms with E-state index in [1.165, 1.54) is 24.3 Å². The highest BCUT2D eigenvalue weighted by Crippen LogP contribution is 2.21.